The molecule has 1 rings (SSSR count). The number of amides is 1. The Morgan fingerprint density at radius 2 is 2.38 bits per heavy atom. The maximum Gasteiger partial charge on any atom is 0.240 e. The average molecular weight is 199 g/mol. The van der Waals surface area contributed by atoms with Gasteiger partial charge < -0.3 is 5.73 Å². The molecule has 3 N–H and O–H groups in total. The second-order valence-corrected chi connectivity index (χ2v) is 3.98. The predicted octanol–water partition coefficient (Wildman–Crippen LogP) is 0.667. The molecule has 0 saturated carbocycles. The van der Waals surface area contributed by atoms with E-state index in [-0.39, 0.29) is 11.9 Å². The molecule has 1 aromatic rings. The third kappa shape index (κ3) is 2.78. The first-order chi connectivity index (χ1) is 6.11. The van der Waals surface area contributed by atoms with Crippen LogP contribution in [-0.4, -0.2) is 16.9 Å². The van der Waals surface area contributed by atoms with E-state index in [1.54, 1.807) is 11.7 Å². The van der Waals surface area contributed by atoms with E-state index in [4.69, 9.17) is 5.73 Å². The normalized spacial score (nSPS) is 13.2. The maximum absolute atomic E-state index is 11.1. The number of thiazole rings is 1. The van der Waals surface area contributed by atoms with E-state index < -0.39 is 6.04 Å². The summed E-state index contributed by atoms with van der Waals surface area (Å²) in [6.07, 6.45) is 1.66. The van der Waals surface area contributed by atoms with Crippen molar-refractivity contribution < 1.29 is 4.79 Å². The summed E-state index contributed by atoms with van der Waals surface area (Å²) in [4.78, 5) is 15.8. The number of nitrogens with two attached hydrogens (primary N) is 1. The summed E-state index contributed by atoms with van der Waals surface area (Å²) in [6.45, 7) is 3.94. The van der Waals surface area contributed by atoms with Gasteiger partial charge in [-0.25, -0.2) is 0 Å². The highest BCUT2D eigenvalue weighted by Gasteiger charge is 2.19. The molecule has 0 spiro atoms. The lowest BCUT2D eigenvalue weighted by Crippen LogP contribution is -2.36. The largest absolute Gasteiger partial charge is 0.368 e. The van der Waals surface area contributed by atoms with Crippen molar-refractivity contribution in [2.75, 3.05) is 0 Å². The zero-order chi connectivity index (χ0) is 9.84. The molecule has 5 heteroatoms. The van der Waals surface area contributed by atoms with Crippen LogP contribution < -0.4 is 11.1 Å². The fraction of sp³-hybridized carbons (Fsp3) is 0.500. The molecule has 0 radical (unpaired) electrons. The van der Waals surface area contributed by atoms with Gasteiger partial charge in [-0.1, -0.05) is 0 Å². The van der Waals surface area contributed by atoms with Crippen molar-refractivity contribution in [2.45, 2.75) is 25.9 Å². The minimum absolute atomic E-state index is 0.222. The smallest absolute Gasteiger partial charge is 0.240 e. The molecule has 72 valence electrons. The highest BCUT2D eigenvalue weighted by molar-refractivity contribution is 7.09. The fourth-order valence-corrected chi connectivity index (χ4v) is 1.69. The van der Waals surface area contributed by atoms with Gasteiger partial charge in [0.1, 0.15) is 6.04 Å². The van der Waals surface area contributed by atoms with E-state index >= 15 is 0 Å². The van der Waals surface area contributed by atoms with E-state index in [0.29, 0.717) is 0 Å². The quantitative estimate of drug-likeness (QED) is 0.748. The van der Waals surface area contributed by atoms with Gasteiger partial charge in [-0.3, -0.25) is 15.1 Å². The van der Waals surface area contributed by atoms with Gasteiger partial charge in [0, 0.05) is 12.2 Å². The number of carbonyl (C=O) groups excluding carboxylic acids is 1. The Labute approximate surface area is 81.2 Å². The van der Waals surface area contributed by atoms with Gasteiger partial charge in [0.05, 0.1) is 10.4 Å². The average Bonchev–Trinajstić information content (AvgIpc) is 2.50. The van der Waals surface area contributed by atoms with E-state index in [2.05, 4.69) is 10.3 Å². The summed E-state index contributed by atoms with van der Waals surface area (Å²) < 4.78 is 0. The lowest BCUT2D eigenvalue weighted by molar-refractivity contribution is -0.120. The second-order valence-electron chi connectivity index (χ2n) is 3.06. The number of rotatable bonds is 4. The van der Waals surface area contributed by atoms with Crippen molar-refractivity contribution in [1.82, 2.24) is 10.3 Å². The Bertz CT molecular complexity index is 271. The van der Waals surface area contributed by atoms with Crippen LogP contribution in [0.4, 0.5) is 0 Å². The Balaban J connectivity index is 2.75. The highest BCUT2D eigenvalue weighted by Crippen LogP contribution is 2.17. The third-order valence-electron chi connectivity index (χ3n) is 1.52. The van der Waals surface area contributed by atoms with Gasteiger partial charge in [-0.05, 0) is 13.8 Å². The Hall–Kier alpha value is -0.940. The minimum atomic E-state index is -0.410. The molecule has 0 fully saturated rings. The van der Waals surface area contributed by atoms with Crippen LogP contribution in [0, 0.1) is 0 Å². The van der Waals surface area contributed by atoms with Gasteiger partial charge in [0.2, 0.25) is 5.91 Å². The first kappa shape index (κ1) is 10.1. The molecule has 0 bridgehead atoms. The van der Waals surface area contributed by atoms with Gasteiger partial charge in [0.15, 0.2) is 0 Å². The standard InChI is InChI=1S/C8H13N3OS/c1-5(2)11-7(8(9)12)6-3-10-4-13-6/h3-5,7,11H,1-2H3,(H2,9,12). The van der Waals surface area contributed by atoms with Crippen LogP contribution in [0.5, 0.6) is 0 Å². The highest BCUT2D eigenvalue weighted by atomic mass is 32.1. The van der Waals surface area contributed by atoms with Crippen molar-refractivity contribution in [2.24, 2.45) is 5.73 Å². The molecule has 1 atom stereocenters. The van der Waals surface area contributed by atoms with E-state index in [0.717, 1.165) is 4.88 Å². The molecular weight excluding hydrogens is 186 g/mol. The molecule has 4 nitrogen and oxygen atoms in total. The van der Waals surface area contributed by atoms with Crippen molar-refractivity contribution in [3.63, 3.8) is 0 Å². The van der Waals surface area contributed by atoms with E-state index in [9.17, 15) is 4.79 Å². The van der Waals surface area contributed by atoms with Gasteiger partial charge >= 0.3 is 0 Å². The second kappa shape index (κ2) is 4.34. The molecule has 1 amide bonds. The van der Waals surface area contributed by atoms with Crippen molar-refractivity contribution in [1.29, 1.82) is 0 Å². The van der Waals surface area contributed by atoms with E-state index in [1.807, 2.05) is 13.8 Å². The zero-order valence-electron chi connectivity index (χ0n) is 7.65. The molecule has 1 aromatic heterocycles. The van der Waals surface area contributed by atoms with Crippen LogP contribution in [0.15, 0.2) is 11.7 Å². The summed E-state index contributed by atoms with van der Waals surface area (Å²) in [5.74, 6) is -0.363. The number of carbonyl (C=O) groups is 1. The summed E-state index contributed by atoms with van der Waals surface area (Å²) >= 11 is 1.43. The molecular formula is C8H13N3OS. The van der Waals surface area contributed by atoms with Crippen LogP contribution in [0.25, 0.3) is 0 Å². The third-order valence-corrected chi connectivity index (χ3v) is 2.36. The van der Waals surface area contributed by atoms with Crippen LogP contribution in [0.3, 0.4) is 0 Å². The topological polar surface area (TPSA) is 68.0 Å². The Morgan fingerprint density at radius 3 is 2.77 bits per heavy atom. The molecule has 0 aliphatic heterocycles. The lowest BCUT2D eigenvalue weighted by atomic mass is 10.2. The van der Waals surface area contributed by atoms with Crippen molar-refractivity contribution in [3.05, 3.63) is 16.6 Å². The predicted molar refractivity (Wildman–Crippen MR) is 52.3 cm³/mol. The van der Waals surface area contributed by atoms with Crippen LogP contribution in [0.2, 0.25) is 0 Å². The van der Waals surface area contributed by atoms with Gasteiger partial charge in [-0.2, -0.15) is 0 Å². The fourth-order valence-electron chi connectivity index (χ4n) is 1.01. The molecule has 1 heterocycles. The molecule has 0 aromatic carbocycles. The summed E-state index contributed by atoms with van der Waals surface area (Å²) in [5, 5.41) is 3.08. The van der Waals surface area contributed by atoms with Gasteiger partial charge in [0.25, 0.3) is 0 Å². The van der Waals surface area contributed by atoms with Crippen LogP contribution in [-0.2, 0) is 4.79 Å². The molecule has 0 aliphatic carbocycles. The number of nitrogens with one attached hydrogen (secondary N) is 1. The molecule has 1 unspecified atom stereocenters. The monoisotopic (exact) mass is 199 g/mol. The minimum Gasteiger partial charge on any atom is -0.368 e. The van der Waals surface area contributed by atoms with Crippen LogP contribution >= 0.6 is 11.3 Å². The summed E-state index contributed by atoms with van der Waals surface area (Å²) in [6, 6.07) is -0.188. The van der Waals surface area contributed by atoms with Crippen molar-refractivity contribution >= 4 is 17.2 Å². The first-order valence-electron chi connectivity index (χ1n) is 4.05. The van der Waals surface area contributed by atoms with Gasteiger partial charge in [-0.15, -0.1) is 11.3 Å². The Morgan fingerprint density at radius 1 is 1.69 bits per heavy atom. The zero-order valence-corrected chi connectivity index (χ0v) is 8.47. The number of nitrogens with zero attached hydrogens (tertiary/aromatic N) is 1. The summed E-state index contributed by atoms with van der Waals surface area (Å²) in [5.41, 5.74) is 6.94. The molecule has 13 heavy (non-hydrogen) atoms. The maximum atomic E-state index is 11.1. The number of hydrogen-bond donors (Lipinski definition) is 2. The number of primary amides is 1. The first-order valence-corrected chi connectivity index (χ1v) is 4.93. The number of hydrogen-bond acceptors (Lipinski definition) is 4. The SMILES string of the molecule is CC(C)NC(C(N)=O)c1cncs1. The molecule has 0 aliphatic rings. The van der Waals surface area contributed by atoms with E-state index in [1.165, 1.54) is 11.3 Å². The lowest BCUT2D eigenvalue weighted by Gasteiger charge is -2.15. The van der Waals surface area contributed by atoms with Crippen molar-refractivity contribution in [3.8, 4) is 0 Å². The molecule has 0 saturated heterocycles. The van der Waals surface area contributed by atoms with Crippen LogP contribution in [0.1, 0.15) is 24.8 Å². The Kier molecular flexibility index (Phi) is 3.39. The summed E-state index contributed by atoms with van der Waals surface area (Å²) in [7, 11) is 0. The number of aromatic nitrogens is 1.